The summed E-state index contributed by atoms with van der Waals surface area (Å²) in [4.78, 5) is 22.4. The molecule has 0 aliphatic heterocycles. The smallest absolute Gasteiger partial charge is 0.244 e. The van der Waals surface area contributed by atoms with Gasteiger partial charge in [0.1, 0.15) is 6.54 Å². The van der Waals surface area contributed by atoms with Gasteiger partial charge in [-0.3, -0.25) is 4.79 Å². The number of likely N-dealkylation sites (N-methyl/N-ethyl adjacent to an activating group) is 1. The second-order valence-electron chi connectivity index (χ2n) is 4.72. The van der Waals surface area contributed by atoms with Crippen molar-refractivity contribution < 1.29 is 4.79 Å². The summed E-state index contributed by atoms with van der Waals surface area (Å²) in [5, 5.41) is 3.52. The third kappa shape index (κ3) is 4.08. The van der Waals surface area contributed by atoms with Gasteiger partial charge in [0.25, 0.3) is 0 Å². The van der Waals surface area contributed by atoms with Crippen LogP contribution in [0.5, 0.6) is 0 Å². The van der Waals surface area contributed by atoms with E-state index in [-0.39, 0.29) is 12.5 Å². The number of carbonyl (C=O) groups excluding carboxylic acids is 1. The molecule has 0 aliphatic carbocycles. The number of amides is 1. The van der Waals surface area contributed by atoms with Gasteiger partial charge in [0.05, 0.1) is 15.7 Å². The van der Waals surface area contributed by atoms with Crippen LogP contribution in [0.2, 0.25) is 10.0 Å². The van der Waals surface area contributed by atoms with Gasteiger partial charge in [-0.15, -0.1) is 0 Å². The molecular formula is C15H16Cl2N4O. The van der Waals surface area contributed by atoms with E-state index in [4.69, 9.17) is 23.2 Å². The largest absolute Gasteiger partial charge is 0.332 e. The minimum atomic E-state index is -0.235. The van der Waals surface area contributed by atoms with Crippen molar-refractivity contribution in [1.82, 2.24) is 9.97 Å². The number of hydrogen-bond acceptors (Lipinski definition) is 4. The predicted molar refractivity (Wildman–Crippen MR) is 89.7 cm³/mol. The third-order valence-corrected chi connectivity index (χ3v) is 3.62. The summed E-state index contributed by atoms with van der Waals surface area (Å²) in [5.41, 5.74) is 1.38. The molecule has 0 fully saturated rings. The van der Waals surface area contributed by atoms with Crippen molar-refractivity contribution in [3.63, 3.8) is 0 Å². The molecule has 0 atom stereocenters. The van der Waals surface area contributed by atoms with E-state index < -0.39 is 0 Å². The summed E-state index contributed by atoms with van der Waals surface area (Å²) in [5.74, 6) is 0.273. The molecule has 116 valence electrons. The third-order valence-electron chi connectivity index (χ3n) is 2.99. The lowest BCUT2D eigenvalue weighted by molar-refractivity contribution is -0.115. The zero-order valence-electron chi connectivity index (χ0n) is 12.3. The number of nitrogens with one attached hydrogen (secondary N) is 1. The Morgan fingerprint density at radius 1 is 1.23 bits per heavy atom. The van der Waals surface area contributed by atoms with Crippen LogP contribution >= 0.6 is 23.2 Å². The maximum absolute atomic E-state index is 12.2. The number of nitrogens with zero attached hydrogens (tertiary/aromatic N) is 3. The first kappa shape index (κ1) is 16.5. The fourth-order valence-corrected chi connectivity index (χ4v) is 2.33. The standard InChI is InChI=1S/C15H16Cl2N4O/c1-3-21(15-18-7-10(2)8-19-15)9-13(22)20-14-11(16)5-4-6-12(14)17/h4-8H,3,9H2,1-2H3,(H,20,22). The maximum atomic E-state index is 12.2. The number of para-hydroxylation sites is 1. The van der Waals surface area contributed by atoms with Crippen molar-refractivity contribution in [2.75, 3.05) is 23.3 Å². The number of benzene rings is 1. The highest BCUT2D eigenvalue weighted by atomic mass is 35.5. The molecule has 0 spiro atoms. The highest BCUT2D eigenvalue weighted by Crippen LogP contribution is 2.29. The molecule has 1 aromatic heterocycles. The summed E-state index contributed by atoms with van der Waals surface area (Å²) >= 11 is 12.1. The Kier molecular flexibility index (Phi) is 5.57. The molecule has 0 saturated heterocycles. The first-order valence-corrected chi connectivity index (χ1v) is 7.54. The average molecular weight is 339 g/mol. The number of aromatic nitrogens is 2. The molecule has 0 aliphatic rings. The predicted octanol–water partition coefficient (Wildman–Crippen LogP) is 3.56. The van der Waals surface area contributed by atoms with Gasteiger partial charge in [0.15, 0.2) is 0 Å². The zero-order chi connectivity index (χ0) is 16.1. The van der Waals surface area contributed by atoms with Crippen LogP contribution in [0.4, 0.5) is 11.6 Å². The van der Waals surface area contributed by atoms with Gasteiger partial charge in [-0.2, -0.15) is 0 Å². The van der Waals surface area contributed by atoms with Crippen LogP contribution in [-0.2, 0) is 4.79 Å². The molecule has 7 heteroatoms. The van der Waals surface area contributed by atoms with Crippen LogP contribution in [0.1, 0.15) is 12.5 Å². The monoisotopic (exact) mass is 338 g/mol. The lowest BCUT2D eigenvalue weighted by Gasteiger charge is -2.20. The van der Waals surface area contributed by atoms with Crippen LogP contribution in [0.3, 0.4) is 0 Å². The average Bonchev–Trinajstić information content (AvgIpc) is 2.50. The molecule has 0 saturated carbocycles. The van der Waals surface area contributed by atoms with Crippen LogP contribution in [-0.4, -0.2) is 29.0 Å². The molecule has 0 unspecified atom stereocenters. The zero-order valence-corrected chi connectivity index (χ0v) is 13.8. The van der Waals surface area contributed by atoms with Crippen molar-refractivity contribution in [2.24, 2.45) is 0 Å². The molecule has 0 bridgehead atoms. The van der Waals surface area contributed by atoms with Gasteiger partial charge in [-0.25, -0.2) is 9.97 Å². The first-order valence-electron chi connectivity index (χ1n) is 6.78. The van der Waals surface area contributed by atoms with Gasteiger partial charge in [-0.05, 0) is 31.5 Å². The summed E-state index contributed by atoms with van der Waals surface area (Å²) in [6.07, 6.45) is 3.43. The van der Waals surface area contributed by atoms with Gasteiger partial charge < -0.3 is 10.2 Å². The first-order chi connectivity index (χ1) is 10.5. The van der Waals surface area contributed by atoms with Gasteiger partial charge >= 0.3 is 0 Å². The number of carbonyl (C=O) groups is 1. The van der Waals surface area contributed by atoms with E-state index in [1.807, 2.05) is 13.8 Å². The normalized spacial score (nSPS) is 10.4. The molecule has 1 heterocycles. The van der Waals surface area contributed by atoms with Gasteiger partial charge in [-0.1, -0.05) is 29.3 Å². The Morgan fingerprint density at radius 2 is 1.82 bits per heavy atom. The van der Waals surface area contributed by atoms with E-state index in [1.165, 1.54) is 0 Å². The van der Waals surface area contributed by atoms with Crippen LogP contribution in [0.25, 0.3) is 0 Å². The van der Waals surface area contributed by atoms with E-state index in [9.17, 15) is 4.79 Å². The number of aryl methyl sites for hydroxylation is 1. The summed E-state index contributed by atoms with van der Waals surface area (Å²) < 4.78 is 0. The molecule has 2 rings (SSSR count). The summed E-state index contributed by atoms with van der Waals surface area (Å²) in [7, 11) is 0. The Labute approximate surface area is 139 Å². The quantitative estimate of drug-likeness (QED) is 0.905. The molecule has 1 N–H and O–H groups in total. The van der Waals surface area contributed by atoms with E-state index in [2.05, 4.69) is 15.3 Å². The summed E-state index contributed by atoms with van der Waals surface area (Å²) in [6.45, 7) is 4.55. The van der Waals surface area contributed by atoms with E-state index in [1.54, 1.807) is 35.5 Å². The molecule has 22 heavy (non-hydrogen) atoms. The van der Waals surface area contributed by atoms with E-state index >= 15 is 0 Å². The molecule has 2 aromatic rings. The Bertz CT molecular complexity index is 641. The van der Waals surface area contributed by atoms with E-state index in [0.29, 0.717) is 28.2 Å². The van der Waals surface area contributed by atoms with Crippen LogP contribution < -0.4 is 10.2 Å². The molecule has 1 aromatic carbocycles. The SMILES string of the molecule is CCN(CC(=O)Nc1c(Cl)cccc1Cl)c1ncc(C)cn1. The van der Waals surface area contributed by atoms with Crippen molar-refractivity contribution in [1.29, 1.82) is 0 Å². The highest BCUT2D eigenvalue weighted by molar-refractivity contribution is 6.39. The van der Waals surface area contributed by atoms with Crippen LogP contribution in [0, 0.1) is 6.92 Å². The number of halogens is 2. The number of rotatable bonds is 5. The molecular weight excluding hydrogens is 323 g/mol. The van der Waals surface area contributed by atoms with Crippen LogP contribution in [0.15, 0.2) is 30.6 Å². The Morgan fingerprint density at radius 3 is 2.36 bits per heavy atom. The molecule has 0 radical (unpaired) electrons. The van der Waals surface area contributed by atoms with Gasteiger partial charge in [0, 0.05) is 18.9 Å². The Balaban J connectivity index is 2.08. The number of anilines is 2. The number of hydrogen-bond donors (Lipinski definition) is 1. The van der Waals surface area contributed by atoms with Crippen molar-refractivity contribution in [3.05, 3.63) is 46.2 Å². The minimum absolute atomic E-state index is 0.112. The van der Waals surface area contributed by atoms with Crippen molar-refractivity contribution in [2.45, 2.75) is 13.8 Å². The minimum Gasteiger partial charge on any atom is -0.332 e. The topological polar surface area (TPSA) is 58.1 Å². The summed E-state index contributed by atoms with van der Waals surface area (Å²) in [6, 6.07) is 5.06. The van der Waals surface area contributed by atoms with Crippen molar-refractivity contribution >= 4 is 40.7 Å². The Hall–Kier alpha value is -1.85. The molecule has 1 amide bonds. The van der Waals surface area contributed by atoms with Gasteiger partial charge in [0.2, 0.25) is 11.9 Å². The maximum Gasteiger partial charge on any atom is 0.244 e. The second-order valence-corrected chi connectivity index (χ2v) is 5.53. The fourth-order valence-electron chi connectivity index (χ4n) is 1.84. The lowest BCUT2D eigenvalue weighted by Crippen LogP contribution is -2.34. The fraction of sp³-hybridized carbons (Fsp3) is 0.267. The second kappa shape index (κ2) is 7.42. The lowest BCUT2D eigenvalue weighted by atomic mass is 10.3. The van der Waals surface area contributed by atoms with E-state index in [0.717, 1.165) is 5.56 Å². The highest BCUT2D eigenvalue weighted by Gasteiger charge is 2.14. The molecule has 5 nitrogen and oxygen atoms in total. The van der Waals surface area contributed by atoms with Crippen molar-refractivity contribution in [3.8, 4) is 0 Å².